The summed E-state index contributed by atoms with van der Waals surface area (Å²) in [6, 6.07) is 4.15. The van der Waals surface area contributed by atoms with Crippen molar-refractivity contribution < 1.29 is 9.59 Å². The maximum Gasteiger partial charge on any atom is 0.251 e. The van der Waals surface area contributed by atoms with Gasteiger partial charge in [-0.05, 0) is 104 Å². The smallest absolute Gasteiger partial charge is 0.251 e. The molecule has 0 radical (unpaired) electrons. The van der Waals surface area contributed by atoms with Crippen LogP contribution >= 0.6 is 0 Å². The van der Waals surface area contributed by atoms with Crippen LogP contribution in [-0.4, -0.2) is 24.9 Å². The van der Waals surface area contributed by atoms with Crippen molar-refractivity contribution in [1.29, 1.82) is 0 Å². The van der Waals surface area contributed by atoms with Gasteiger partial charge < -0.3 is 10.6 Å². The molecule has 0 fully saturated rings. The summed E-state index contributed by atoms with van der Waals surface area (Å²) in [4.78, 5) is 27.4. The van der Waals surface area contributed by atoms with E-state index in [2.05, 4.69) is 90.8 Å². The van der Waals surface area contributed by atoms with Crippen LogP contribution in [0, 0.1) is 24.7 Å². The van der Waals surface area contributed by atoms with Crippen LogP contribution in [0.4, 0.5) is 0 Å². The summed E-state index contributed by atoms with van der Waals surface area (Å²) in [6.07, 6.45) is 30.2. The van der Waals surface area contributed by atoms with Crippen molar-refractivity contribution in [3.8, 4) is 0 Å². The molecule has 0 aliphatic heterocycles. The zero-order valence-corrected chi connectivity index (χ0v) is 35.4. The Morgan fingerprint density at radius 3 is 1.77 bits per heavy atom. The first-order valence-electron chi connectivity index (χ1n) is 21.9. The molecule has 0 spiro atoms. The van der Waals surface area contributed by atoms with Crippen LogP contribution < -0.4 is 10.6 Å². The lowest BCUT2D eigenvalue weighted by atomic mass is 9.87. The second-order valence-corrected chi connectivity index (χ2v) is 15.7. The molecule has 0 aromatic heterocycles. The summed E-state index contributed by atoms with van der Waals surface area (Å²) in [7, 11) is 0. The van der Waals surface area contributed by atoms with E-state index < -0.39 is 0 Å². The number of hydrogen-bond acceptors (Lipinski definition) is 2. The summed E-state index contributed by atoms with van der Waals surface area (Å²) < 4.78 is 0. The lowest BCUT2D eigenvalue weighted by molar-refractivity contribution is -0.117. The Balaban J connectivity index is 3.17. The third-order valence-corrected chi connectivity index (χ3v) is 11.2. The molecule has 0 saturated heterocycles. The highest BCUT2D eigenvalue weighted by atomic mass is 16.2. The molecule has 3 unspecified atom stereocenters. The Bertz CT molecular complexity index is 1200. The van der Waals surface area contributed by atoms with Gasteiger partial charge in [0.05, 0.1) is 0 Å². The van der Waals surface area contributed by atoms with Gasteiger partial charge >= 0.3 is 0 Å². The van der Waals surface area contributed by atoms with Gasteiger partial charge in [0.1, 0.15) is 0 Å². The average molecular weight is 719 g/mol. The Morgan fingerprint density at radius 1 is 0.712 bits per heavy atom. The molecule has 1 rings (SSSR count). The van der Waals surface area contributed by atoms with Crippen LogP contribution in [0.25, 0.3) is 5.57 Å². The molecule has 0 heterocycles. The van der Waals surface area contributed by atoms with Crippen molar-refractivity contribution in [2.45, 2.75) is 190 Å². The Kier molecular flexibility index (Phi) is 27.2. The molecule has 1 aromatic carbocycles. The minimum Gasteiger partial charge on any atom is -0.352 e. The third-order valence-electron chi connectivity index (χ3n) is 11.2. The molecule has 3 atom stereocenters. The van der Waals surface area contributed by atoms with Crippen molar-refractivity contribution in [2.75, 3.05) is 13.1 Å². The van der Waals surface area contributed by atoms with E-state index in [1.54, 1.807) is 0 Å². The number of nitrogens with one attached hydrogen (secondary N) is 2. The fraction of sp³-hybridized carbons (Fsp3) is 0.708. The summed E-state index contributed by atoms with van der Waals surface area (Å²) >= 11 is 0. The molecule has 2 amide bonds. The SMILES string of the molecule is C=C/C=C(\CC/C(=C\CC(C)CC)C(=O)NCC(CCCC)CCCCCC)c1ccc(C(=O)NCC(CCCC)CCCCCC)c(C)c1CC. The van der Waals surface area contributed by atoms with Gasteiger partial charge in [-0.2, -0.15) is 0 Å². The van der Waals surface area contributed by atoms with Gasteiger partial charge in [-0.1, -0.05) is 163 Å². The van der Waals surface area contributed by atoms with E-state index >= 15 is 0 Å². The summed E-state index contributed by atoms with van der Waals surface area (Å²) in [5.41, 5.74) is 6.28. The van der Waals surface area contributed by atoms with E-state index in [9.17, 15) is 9.59 Å². The average Bonchev–Trinajstić information content (AvgIpc) is 3.15. The van der Waals surface area contributed by atoms with E-state index in [-0.39, 0.29) is 11.8 Å². The first kappa shape index (κ1) is 47.4. The molecule has 0 saturated carbocycles. The van der Waals surface area contributed by atoms with Gasteiger partial charge in [0.2, 0.25) is 5.91 Å². The molecule has 2 N–H and O–H groups in total. The number of unbranched alkanes of at least 4 members (excludes halogenated alkanes) is 8. The Morgan fingerprint density at radius 2 is 1.25 bits per heavy atom. The van der Waals surface area contributed by atoms with E-state index in [1.165, 1.54) is 119 Å². The van der Waals surface area contributed by atoms with Crippen LogP contribution in [0.3, 0.4) is 0 Å². The highest BCUT2D eigenvalue weighted by Gasteiger charge is 2.20. The highest BCUT2D eigenvalue weighted by Crippen LogP contribution is 2.30. The van der Waals surface area contributed by atoms with Gasteiger partial charge in [0, 0.05) is 24.2 Å². The first-order valence-corrected chi connectivity index (χ1v) is 21.9. The Hall–Kier alpha value is -2.62. The van der Waals surface area contributed by atoms with Gasteiger partial charge in [-0.3, -0.25) is 9.59 Å². The van der Waals surface area contributed by atoms with Gasteiger partial charge in [0.15, 0.2) is 0 Å². The van der Waals surface area contributed by atoms with E-state index in [1.807, 2.05) is 12.1 Å². The van der Waals surface area contributed by atoms with E-state index in [0.29, 0.717) is 24.2 Å². The summed E-state index contributed by atoms with van der Waals surface area (Å²) in [5, 5.41) is 6.70. The number of allylic oxidation sites excluding steroid dienone is 4. The third kappa shape index (κ3) is 18.9. The number of amides is 2. The molecule has 0 aliphatic carbocycles. The second kappa shape index (κ2) is 29.8. The van der Waals surface area contributed by atoms with Crippen LogP contribution in [0.1, 0.15) is 204 Å². The lowest BCUT2D eigenvalue weighted by Gasteiger charge is -2.21. The summed E-state index contributed by atoms with van der Waals surface area (Å²) in [6.45, 7) is 23.4. The van der Waals surface area contributed by atoms with Crippen LogP contribution in [0.15, 0.2) is 42.5 Å². The second-order valence-electron chi connectivity index (χ2n) is 15.7. The first-order chi connectivity index (χ1) is 25.2. The minimum atomic E-state index is 0.0394. The standard InChI is InChI=1S/C48H82N2O2/c1-10-17-21-23-28-40(26-19-12-3)36-49-47(51)43(31-30-38(8)15-6)33-32-42(25-14-5)46-35-34-45(39(9)44(46)16-7)48(52)50-37-41(27-20-13-4)29-24-22-18-11-2/h14,25,31,34-35,38,40-41H,5,10-13,15-24,26-30,32-33,36-37H2,1-4,6-9H3,(H,49,51)(H,50,52)/b42-25+,43-31+. The van der Waals surface area contributed by atoms with Crippen LogP contribution in [0.2, 0.25) is 0 Å². The highest BCUT2D eigenvalue weighted by molar-refractivity contribution is 5.97. The van der Waals surface area contributed by atoms with Crippen LogP contribution in [-0.2, 0) is 11.2 Å². The predicted molar refractivity (Wildman–Crippen MR) is 229 cm³/mol. The lowest BCUT2D eigenvalue weighted by Crippen LogP contribution is -2.30. The van der Waals surface area contributed by atoms with Crippen molar-refractivity contribution >= 4 is 17.4 Å². The molecular weight excluding hydrogens is 637 g/mol. The normalized spacial score (nSPS) is 13.8. The topological polar surface area (TPSA) is 58.2 Å². The van der Waals surface area contributed by atoms with Crippen molar-refractivity contribution in [1.82, 2.24) is 10.6 Å². The van der Waals surface area contributed by atoms with E-state index in [4.69, 9.17) is 0 Å². The molecule has 0 aliphatic rings. The molecule has 1 aromatic rings. The summed E-state index contributed by atoms with van der Waals surface area (Å²) in [5.74, 6) is 1.76. The zero-order valence-electron chi connectivity index (χ0n) is 35.4. The molecule has 0 bridgehead atoms. The molecular formula is C48H82N2O2. The maximum absolute atomic E-state index is 13.8. The minimum absolute atomic E-state index is 0.0394. The number of benzene rings is 1. The quantitative estimate of drug-likeness (QED) is 0.0456. The monoisotopic (exact) mass is 719 g/mol. The number of carbonyl (C=O) groups excluding carboxylic acids is 2. The van der Waals surface area contributed by atoms with Crippen molar-refractivity contribution in [3.05, 3.63) is 64.8 Å². The van der Waals surface area contributed by atoms with Gasteiger partial charge in [-0.25, -0.2) is 0 Å². The van der Waals surface area contributed by atoms with Crippen molar-refractivity contribution in [3.63, 3.8) is 0 Å². The molecule has 4 heteroatoms. The van der Waals surface area contributed by atoms with E-state index in [0.717, 1.165) is 55.5 Å². The largest absolute Gasteiger partial charge is 0.352 e. The predicted octanol–water partition coefficient (Wildman–Crippen LogP) is 13.7. The maximum atomic E-state index is 13.8. The van der Waals surface area contributed by atoms with Gasteiger partial charge in [-0.15, -0.1) is 0 Å². The zero-order chi connectivity index (χ0) is 38.6. The van der Waals surface area contributed by atoms with Crippen LogP contribution in [0.5, 0.6) is 0 Å². The fourth-order valence-corrected chi connectivity index (χ4v) is 7.38. The molecule has 4 nitrogen and oxygen atoms in total. The van der Waals surface area contributed by atoms with Gasteiger partial charge in [0.25, 0.3) is 5.91 Å². The molecule has 296 valence electrons. The Labute approximate surface area is 322 Å². The van der Waals surface area contributed by atoms with Crippen molar-refractivity contribution in [2.24, 2.45) is 17.8 Å². The number of rotatable bonds is 31. The molecule has 52 heavy (non-hydrogen) atoms. The number of carbonyl (C=O) groups is 2. The number of hydrogen-bond donors (Lipinski definition) is 2. The fourth-order valence-electron chi connectivity index (χ4n) is 7.38.